The highest BCUT2D eigenvalue weighted by atomic mass is 35.5. The van der Waals surface area contributed by atoms with Crippen LogP contribution in [0.4, 0.5) is 0 Å². The second-order valence-corrected chi connectivity index (χ2v) is 8.36. The number of halogens is 2. The highest BCUT2D eigenvalue weighted by Crippen LogP contribution is 2.33. The topological polar surface area (TPSA) is 46.5 Å². The predicted octanol–water partition coefficient (Wildman–Crippen LogP) is 5.05. The molecule has 3 aromatic carbocycles. The van der Waals surface area contributed by atoms with Crippen LogP contribution in [0.25, 0.3) is 0 Å². The average Bonchev–Trinajstić information content (AvgIpc) is 2.69. The van der Waals surface area contributed by atoms with Crippen molar-refractivity contribution in [2.45, 2.75) is 10.5 Å². The second-order valence-electron chi connectivity index (χ2n) is 6.04. The minimum absolute atomic E-state index is 0.0113. The highest BCUT2D eigenvalue weighted by Gasteiger charge is 2.34. The third kappa shape index (κ3) is 4.53. The first-order chi connectivity index (χ1) is 12.9. The van der Waals surface area contributed by atoms with Crippen LogP contribution in [-0.2, 0) is 16.4 Å². The summed E-state index contributed by atoms with van der Waals surface area (Å²) in [7, 11) is 0.129. The minimum atomic E-state index is -1.46. The first kappa shape index (κ1) is 19.9. The molecule has 0 aliphatic rings. The monoisotopic (exact) mass is 420 g/mol. The fourth-order valence-electron chi connectivity index (χ4n) is 2.79. The summed E-state index contributed by atoms with van der Waals surface area (Å²) in [5.74, 6) is 0.671. The summed E-state index contributed by atoms with van der Waals surface area (Å²) in [5, 5.41) is 12.7. The zero-order valence-corrected chi connectivity index (χ0v) is 16.9. The molecule has 6 heteroatoms. The molecule has 0 bridgehead atoms. The molecule has 0 unspecified atom stereocenters. The Balaban J connectivity index is 1.99. The number of ether oxygens (including phenoxy) is 1. The molecule has 1 atom stereocenters. The molecule has 0 radical (unpaired) electrons. The molecule has 27 heavy (non-hydrogen) atoms. The lowest BCUT2D eigenvalue weighted by atomic mass is 9.88. The van der Waals surface area contributed by atoms with Gasteiger partial charge in [0, 0.05) is 14.9 Å². The lowest BCUT2D eigenvalue weighted by Gasteiger charge is -2.29. The molecular weight excluding hydrogens is 403 g/mol. The van der Waals surface area contributed by atoms with E-state index in [1.807, 2.05) is 0 Å². The van der Waals surface area contributed by atoms with E-state index in [2.05, 4.69) is 0 Å². The standard InChI is InChI=1S/C21H18Cl2O3S/c1-26-19-10-12-20(13-11-19)27(25)14-21(24,15-2-6-17(22)7-3-15)16-4-8-18(23)9-5-16/h2-13,24H,14H2,1H3/t27-/m0/s1. The third-order valence-electron chi connectivity index (χ3n) is 4.31. The Morgan fingerprint density at radius 3 is 1.70 bits per heavy atom. The van der Waals surface area contributed by atoms with E-state index in [-0.39, 0.29) is 5.75 Å². The maximum Gasteiger partial charge on any atom is 0.126 e. The van der Waals surface area contributed by atoms with Gasteiger partial charge in [-0.25, -0.2) is 0 Å². The van der Waals surface area contributed by atoms with Crippen LogP contribution < -0.4 is 4.74 Å². The van der Waals surface area contributed by atoms with Crippen molar-refractivity contribution in [2.75, 3.05) is 12.9 Å². The van der Waals surface area contributed by atoms with Crippen molar-refractivity contribution in [1.29, 1.82) is 0 Å². The van der Waals surface area contributed by atoms with E-state index < -0.39 is 16.4 Å². The summed E-state index contributed by atoms with van der Waals surface area (Å²) < 4.78 is 18.1. The molecule has 0 saturated heterocycles. The molecule has 140 valence electrons. The number of aliphatic hydroxyl groups is 1. The van der Waals surface area contributed by atoms with Crippen LogP contribution in [0.3, 0.4) is 0 Å². The van der Waals surface area contributed by atoms with Gasteiger partial charge in [0.15, 0.2) is 0 Å². The van der Waals surface area contributed by atoms with Crippen LogP contribution in [0, 0.1) is 0 Å². The fraction of sp³-hybridized carbons (Fsp3) is 0.143. The van der Waals surface area contributed by atoms with Crippen LogP contribution in [0.1, 0.15) is 11.1 Å². The minimum Gasteiger partial charge on any atom is -0.497 e. The van der Waals surface area contributed by atoms with Crippen molar-refractivity contribution in [3.63, 3.8) is 0 Å². The third-order valence-corrected chi connectivity index (χ3v) is 6.29. The van der Waals surface area contributed by atoms with Crippen LogP contribution in [-0.4, -0.2) is 22.2 Å². The smallest absolute Gasteiger partial charge is 0.126 e. The Hall–Kier alpha value is -1.85. The molecule has 0 aromatic heterocycles. The van der Waals surface area contributed by atoms with E-state index in [0.717, 1.165) is 0 Å². The number of benzene rings is 3. The van der Waals surface area contributed by atoms with E-state index in [9.17, 15) is 9.32 Å². The maximum atomic E-state index is 13.0. The molecule has 0 saturated carbocycles. The van der Waals surface area contributed by atoms with Gasteiger partial charge in [0.2, 0.25) is 0 Å². The van der Waals surface area contributed by atoms with Gasteiger partial charge < -0.3 is 9.84 Å². The molecule has 0 spiro atoms. The SMILES string of the molecule is COc1ccc([S@@](=O)CC(O)(c2ccc(Cl)cc2)c2ccc(Cl)cc2)cc1. The van der Waals surface area contributed by atoms with Crippen molar-refractivity contribution in [2.24, 2.45) is 0 Å². The highest BCUT2D eigenvalue weighted by molar-refractivity contribution is 7.85. The molecule has 0 aliphatic heterocycles. The average molecular weight is 421 g/mol. The molecule has 3 aromatic rings. The Bertz CT molecular complexity index is 878. The molecule has 3 rings (SSSR count). The Morgan fingerprint density at radius 2 is 1.30 bits per heavy atom. The summed E-state index contributed by atoms with van der Waals surface area (Å²) in [6.45, 7) is 0. The van der Waals surface area contributed by atoms with Gasteiger partial charge in [-0.05, 0) is 59.7 Å². The fourth-order valence-corrected chi connectivity index (χ4v) is 4.36. The summed E-state index contributed by atoms with van der Waals surface area (Å²) in [4.78, 5) is 0.608. The van der Waals surface area contributed by atoms with Crippen LogP contribution in [0.5, 0.6) is 5.75 Å². The predicted molar refractivity (Wildman–Crippen MR) is 110 cm³/mol. The van der Waals surface area contributed by atoms with Gasteiger partial charge in [-0.2, -0.15) is 0 Å². The van der Waals surface area contributed by atoms with Gasteiger partial charge in [-0.15, -0.1) is 0 Å². The van der Waals surface area contributed by atoms with E-state index in [4.69, 9.17) is 27.9 Å². The van der Waals surface area contributed by atoms with Gasteiger partial charge >= 0.3 is 0 Å². The van der Waals surface area contributed by atoms with Crippen molar-refractivity contribution < 1.29 is 14.1 Å². The zero-order chi connectivity index (χ0) is 19.4. The van der Waals surface area contributed by atoms with Crippen LogP contribution in [0.15, 0.2) is 77.7 Å². The molecule has 0 aliphatic carbocycles. The maximum absolute atomic E-state index is 13.0. The first-order valence-corrected chi connectivity index (χ1v) is 10.3. The normalized spacial score (nSPS) is 12.6. The van der Waals surface area contributed by atoms with Gasteiger partial charge in [0.05, 0.1) is 23.7 Å². The van der Waals surface area contributed by atoms with Gasteiger partial charge in [0.1, 0.15) is 11.4 Å². The Kier molecular flexibility index (Phi) is 6.22. The van der Waals surface area contributed by atoms with Gasteiger partial charge in [0.25, 0.3) is 0 Å². The molecule has 3 nitrogen and oxygen atoms in total. The summed E-state index contributed by atoms with van der Waals surface area (Å²) in [6.07, 6.45) is 0. The summed E-state index contributed by atoms with van der Waals surface area (Å²) in [6, 6.07) is 20.7. The van der Waals surface area contributed by atoms with Crippen molar-refractivity contribution in [3.8, 4) is 5.75 Å². The summed E-state index contributed by atoms with van der Waals surface area (Å²) in [5.41, 5.74) is -0.243. The van der Waals surface area contributed by atoms with E-state index in [1.165, 1.54) is 0 Å². The van der Waals surface area contributed by atoms with Gasteiger partial charge in [-0.3, -0.25) is 4.21 Å². The number of hydrogen-bond donors (Lipinski definition) is 1. The summed E-state index contributed by atoms with van der Waals surface area (Å²) >= 11 is 12.0. The lowest BCUT2D eigenvalue weighted by molar-refractivity contribution is 0.106. The number of methoxy groups -OCH3 is 1. The van der Waals surface area contributed by atoms with Crippen molar-refractivity contribution >= 4 is 34.0 Å². The molecule has 0 fully saturated rings. The zero-order valence-electron chi connectivity index (χ0n) is 14.6. The molecular formula is C21H18Cl2O3S. The lowest BCUT2D eigenvalue weighted by Crippen LogP contribution is -2.33. The molecule has 0 amide bonds. The van der Waals surface area contributed by atoms with Crippen LogP contribution >= 0.6 is 23.2 Å². The quantitative estimate of drug-likeness (QED) is 0.606. The molecule has 0 heterocycles. The Labute approximate surface area is 171 Å². The van der Waals surface area contributed by atoms with Crippen molar-refractivity contribution in [1.82, 2.24) is 0 Å². The van der Waals surface area contributed by atoms with Crippen molar-refractivity contribution in [3.05, 3.63) is 94.0 Å². The Morgan fingerprint density at radius 1 is 0.852 bits per heavy atom. The number of rotatable bonds is 6. The number of hydrogen-bond acceptors (Lipinski definition) is 3. The first-order valence-electron chi connectivity index (χ1n) is 8.19. The van der Waals surface area contributed by atoms with E-state index in [1.54, 1.807) is 79.9 Å². The molecule has 1 N–H and O–H groups in total. The van der Waals surface area contributed by atoms with E-state index in [0.29, 0.717) is 31.8 Å². The largest absolute Gasteiger partial charge is 0.497 e. The van der Waals surface area contributed by atoms with Crippen LogP contribution in [0.2, 0.25) is 10.0 Å². The van der Waals surface area contributed by atoms with E-state index >= 15 is 0 Å². The van der Waals surface area contributed by atoms with Gasteiger partial charge in [-0.1, -0.05) is 47.5 Å². The second kappa shape index (κ2) is 8.44.